The van der Waals surface area contributed by atoms with Gasteiger partial charge < -0.3 is 15.7 Å². The van der Waals surface area contributed by atoms with E-state index in [4.69, 9.17) is 10.8 Å². The Labute approximate surface area is 107 Å². The third-order valence-corrected chi connectivity index (χ3v) is 3.44. The van der Waals surface area contributed by atoms with Crippen molar-refractivity contribution in [3.05, 3.63) is 24.0 Å². The van der Waals surface area contributed by atoms with Gasteiger partial charge in [0.15, 0.2) is 0 Å². The van der Waals surface area contributed by atoms with Crippen LogP contribution in [0.3, 0.4) is 0 Å². The Bertz CT molecular complexity index is 420. The summed E-state index contributed by atoms with van der Waals surface area (Å²) >= 11 is 0. The van der Waals surface area contributed by atoms with Crippen LogP contribution in [0.1, 0.15) is 36.0 Å². The number of aliphatic hydroxyl groups is 1. The molecule has 1 atom stereocenters. The molecule has 0 radical (unpaired) electrons. The maximum atomic E-state index is 12.4. The average molecular weight is 249 g/mol. The van der Waals surface area contributed by atoms with Crippen molar-refractivity contribution in [3.63, 3.8) is 0 Å². The summed E-state index contributed by atoms with van der Waals surface area (Å²) in [5.41, 5.74) is 6.73. The van der Waals surface area contributed by atoms with Crippen molar-refractivity contribution in [2.24, 2.45) is 0 Å². The predicted molar refractivity (Wildman–Crippen MR) is 69.0 cm³/mol. The molecule has 0 spiro atoms. The molecule has 1 aliphatic heterocycles. The third kappa shape index (κ3) is 2.61. The van der Waals surface area contributed by atoms with Crippen molar-refractivity contribution < 1.29 is 9.90 Å². The van der Waals surface area contributed by atoms with E-state index in [2.05, 4.69) is 4.98 Å². The summed E-state index contributed by atoms with van der Waals surface area (Å²) in [5.74, 6) is -0.0706. The standard InChI is InChI=1S/C13H19N3O2/c14-12-4-6-15-9-11(12)13(18)16-7-2-1-3-10(16)5-8-17/h4,6,9-10,17H,1-3,5,7-8H2,(H2,14,15). The lowest BCUT2D eigenvalue weighted by Gasteiger charge is -2.35. The normalized spacial score (nSPS) is 19.8. The zero-order valence-corrected chi connectivity index (χ0v) is 10.4. The summed E-state index contributed by atoms with van der Waals surface area (Å²) in [6.45, 7) is 0.842. The van der Waals surface area contributed by atoms with Crippen molar-refractivity contribution >= 4 is 11.6 Å². The maximum absolute atomic E-state index is 12.4. The van der Waals surface area contributed by atoms with Crippen LogP contribution in [0, 0.1) is 0 Å². The lowest BCUT2D eigenvalue weighted by molar-refractivity contribution is 0.0575. The molecular weight excluding hydrogens is 230 g/mol. The number of aliphatic hydroxyl groups excluding tert-OH is 1. The number of nitrogens with two attached hydrogens (primary N) is 1. The van der Waals surface area contributed by atoms with Crippen molar-refractivity contribution in [3.8, 4) is 0 Å². The molecule has 1 unspecified atom stereocenters. The molecule has 0 aliphatic carbocycles. The fourth-order valence-electron chi connectivity index (χ4n) is 2.46. The summed E-state index contributed by atoms with van der Waals surface area (Å²) in [5, 5.41) is 9.07. The first kappa shape index (κ1) is 12.8. The van der Waals surface area contributed by atoms with Crippen molar-refractivity contribution in [2.75, 3.05) is 18.9 Å². The second-order valence-electron chi connectivity index (χ2n) is 4.62. The van der Waals surface area contributed by atoms with E-state index in [0.717, 1.165) is 25.8 Å². The van der Waals surface area contributed by atoms with Gasteiger partial charge >= 0.3 is 0 Å². The van der Waals surface area contributed by atoms with Crippen LogP contribution in [-0.4, -0.2) is 40.1 Å². The quantitative estimate of drug-likeness (QED) is 0.839. The van der Waals surface area contributed by atoms with Crippen LogP contribution in [0.5, 0.6) is 0 Å². The number of carbonyl (C=O) groups excluding carboxylic acids is 1. The number of hydrogen-bond acceptors (Lipinski definition) is 4. The van der Waals surface area contributed by atoms with Crippen LogP contribution in [-0.2, 0) is 0 Å². The third-order valence-electron chi connectivity index (χ3n) is 3.44. The van der Waals surface area contributed by atoms with Crippen LogP contribution >= 0.6 is 0 Å². The van der Waals surface area contributed by atoms with E-state index in [1.54, 1.807) is 12.3 Å². The van der Waals surface area contributed by atoms with E-state index in [-0.39, 0.29) is 18.6 Å². The number of nitrogen functional groups attached to an aromatic ring is 1. The summed E-state index contributed by atoms with van der Waals surface area (Å²) in [6, 6.07) is 1.76. The van der Waals surface area contributed by atoms with Gasteiger partial charge in [0, 0.05) is 37.3 Å². The highest BCUT2D eigenvalue weighted by molar-refractivity contribution is 5.98. The Balaban J connectivity index is 2.18. The summed E-state index contributed by atoms with van der Waals surface area (Å²) in [7, 11) is 0. The second kappa shape index (κ2) is 5.82. The molecule has 1 saturated heterocycles. The topological polar surface area (TPSA) is 79.5 Å². The minimum atomic E-state index is -0.0706. The van der Waals surface area contributed by atoms with Gasteiger partial charge in [-0.2, -0.15) is 0 Å². The van der Waals surface area contributed by atoms with Crippen LogP contribution < -0.4 is 5.73 Å². The van der Waals surface area contributed by atoms with Crippen molar-refractivity contribution in [2.45, 2.75) is 31.7 Å². The minimum absolute atomic E-state index is 0.0706. The molecular formula is C13H19N3O2. The zero-order valence-electron chi connectivity index (χ0n) is 10.4. The van der Waals surface area contributed by atoms with E-state index in [1.165, 1.54) is 6.20 Å². The predicted octanol–water partition coefficient (Wildman–Crippen LogP) is 1.04. The smallest absolute Gasteiger partial charge is 0.257 e. The molecule has 2 heterocycles. The molecule has 3 N–H and O–H groups in total. The number of anilines is 1. The molecule has 0 aromatic carbocycles. The monoisotopic (exact) mass is 249 g/mol. The van der Waals surface area contributed by atoms with Crippen LogP contribution in [0.2, 0.25) is 0 Å². The van der Waals surface area contributed by atoms with Gasteiger partial charge in [-0.15, -0.1) is 0 Å². The van der Waals surface area contributed by atoms with Gasteiger partial charge in [-0.05, 0) is 31.7 Å². The van der Waals surface area contributed by atoms with Gasteiger partial charge in [0.1, 0.15) is 0 Å². The Hall–Kier alpha value is -1.62. The van der Waals surface area contributed by atoms with Gasteiger partial charge in [0.05, 0.1) is 5.56 Å². The number of piperidine rings is 1. The number of nitrogens with zero attached hydrogens (tertiary/aromatic N) is 2. The Morgan fingerprint density at radius 2 is 2.39 bits per heavy atom. The highest BCUT2D eigenvalue weighted by Crippen LogP contribution is 2.23. The first-order valence-corrected chi connectivity index (χ1v) is 6.35. The molecule has 98 valence electrons. The number of rotatable bonds is 3. The maximum Gasteiger partial charge on any atom is 0.257 e. The van der Waals surface area contributed by atoms with Gasteiger partial charge in [-0.1, -0.05) is 0 Å². The van der Waals surface area contributed by atoms with Gasteiger partial charge in [0.25, 0.3) is 5.91 Å². The number of amides is 1. The van der Waals surface area contributed by atoms with Crippen LogP contribution in [0.25, 0.3) is 0 Å². The minimum Gasteiger partial charge on any atom is -0.398 e. The van der Waals surface area contributed by atoms with E-state index in [1.807, 2.05) is 4.90 Å². The molecule has 0 saturated carbocycles. The van der Waals surface area contributed by atoms with Gasteiger partial charge in [0.2, 0.25) is 0 Å². The fraction of sp³-hybridized carbons (Fsp3) is 0.538. The highest BCUT2D eigenvalue weighted by atomic mass is 16.3. The molecule has 1 fully saturated rings. The molecule has 1 amide bonds. The molecule has 5 heteroatoms. The Morgan fingerprint density at radius 1 is 1.56 bits per heavy atom. The molecule has 1 aromatic rings. The molecule has 0 bridgehead atoms. The average Bonchev–Trinajstić information content (AvgIpc) is 2.40. The molecule has 5 nitrogen and oxygen atoms in total. The SMILES string of the molecule is Nc1ccncc1C(=O)N1CCCCC1CCO. The second-order valence-corrected chi connectivity index (χ2v) is 4.62. The first-order valence-electron chi connectivity index (χ1n) is 6.35. The number of likely N-dealkylation sites (tertiary alicyclic amines) is 1. The summed E-state index contributed by atoms with van der Waals surface area (Å²) < 4.78 is 0. The molecule has 1 aliphatic rings. The molecule has 18 heavy (non-hydrogen) atoms. The van der Waals surface area contributed by atoms with Crippen molar-refractivity contribution in [1.29, 1.82) is 0 Å². The van der Waals surface area contributed by atoms with E-state index < -0.39 is 0 Å². The van der Waals surface area contributed by atoms with E-state index in [0.29, 0.717) is 17.7 Å². The Morgan fingerprint density at radius 3 is 3.11 bits per heavy atom. The lowest BCUT2D eigenvalue weighted by Crippen LogP contribution is -2.44. The van der Waals surface area contributed by atoms with E-state index >= 15 is 0 Å². The fourth-order valence-corrected chi connectivity index (χ4v) is 2.46. The highest BCUT2D eigenvalue weighted by Gasteiger charge is 2.27. The zero-order chi connectivity index (χ0) is 13.0. The number of carbonyl (C=O) groups is 1. The van der Waals surface area contributed by atoms with Crippen LogP contribution in [0.4, 0.5) is 5.69 Å². The molecule has 1 aromatic heterocycles. The lowest BCUT2D eigenvalue weighted by atomic mass is 9.98. The Kier molecular flexibility index (Phi) is 4.15. The first-order chi connectivity index (χ1) is 8.74. The number of hydrogen-bond donors (Lipinski definition) is 2. The largest absolute Gasteiger partial charge is 0.398 e. The van der Waals surface area contributed by atoms with Crippen LogP contribution in [0.15, 0.2) is 18.5 Å². The van der Waals surface area contributed by atoms with Crippen molar-refractivity contribution in [1.82, 2.24) is 9.88 Å². The number of aromatic nitrogens is 1. The van der Waals surface area contributed by atoms with E-state index in [9.17, 15) is 4.79 Å². The van der Waals surface area contributed by atoms with Gasteiger partial charge in [-0.25, -0.2) is 0 Å². The summed E-state index contributed by atoms with van der Waals surface area (Å²) in [4.78, 5) is 18.2. The summed E-state index contributed by atoms with van der Waals surface area (Å²) in [6.07, 6.45) is 6.79. The molecule has 2 rings (SSSR count). The van der Waals surface area contributed by atoms with Gasteiger partial charge in [-0.3, -0.25) is 9.78 Å². The number of pyridine rings is 1.